The van der Waals surface area contributed by atoms with Crippen molar-refractivity contribution in [3.8, 4) is 28.8 Å². The van der Waals surface area contributed by atoms with Crippen LogP contribution in [-0.2, 0) is 11.3 Å². The lowest BCUT2D eigenvalue weighted by Crippen LogP contribution is -2.47. The Morgan fingerprint density at radius 2 is 1.77 bits per heavy atom. The lowest BCUT2D eigenvalue weighted by atomic mass is 10.0. The molecular weight excluding hydrogens is 633 g/mol. The fraction of sp³-hybridized carbons (Fsp3) is 0.323. The average molecular weight is 658 g/mol. The molecule has 1 N–H and O–H groups in total. The topological polar surface area (TPSA) is 140 Å². The highest BCUT2D eigenvalue weighted by Crippen LogP contribution is 2.49. The van der Waals surface area contributed by atoms with Gasteiger partial charge in [0.25, 0.3) is 11.5 Å². The maximum absolute atomic E-state index is 13.7. The summed E-state index contributed by atoms with van der Waals surface area (Å²) in [6.45, 7) is 4.23. The van der Waals surface area contributed by atoms with Crippen LogP contribution < -0.4 is 25.2 Å². The molecule has 0 bridgehead atoms. The van der Waals surface area contributed by atoms with Crippen LogP contribution in [0.3, 0.4) is 0 Å². The number of benzene rings is 2. The molecule has 0 atom stereocenters. The number of nitrogens with zero attached hydrogens (tertiary/aromatic N) is 4. The number of halogens is 5. The van der Waals surface area contributed by atoms with Gasteiger partial charge in [-0.05, 0) is 69.0 Å². The van der Waals surface area contributed by atoms with E-state index in [0.717, 1.165) is 10.7 Å². The van der Waals surface area contributed by atoms with Gasteiger partial charge >= 0.3 is 12.5 Å². The van der Waals surface area contributed by atoms with Crippen molar-refractivity contribution in [1.29, 1.82) is 5.26 Å². The lowest BCUT2D eigenvalue weighted by Gasteiger charge is -2.23. The summed E-state index contributed by atoms with van der Waals surface area (Å²) in [7, 11) is 0. The number of anilines is 1. The zero-order chi connectivity index (χ0) is 34.1. The van der Waals surface area contributed by atoms with Gasteiger partial charge in [-0.3, -0.25) is 14.4 Å². The molecule has 47 heavy (non-hydrogen) atoms. The second-order valence-electron chi connectivity index (χ2n) is 11.3. The van der Waals surface area contributed by atoms with Crippen LogP contribution >= 0.6 is 0 Å². The van der Waals surface area contributed by atoms with Crippen LogP contribution in [0.25, 0.3) is 22.2 Å². The smallest absolute Gasteiger partial charge is 0.448 e. The van der Waals surface area contributed by atoms with Gasteiger partial charge in [-0.2, -0.15) is 23.5 Å². The fourth-order valence-electron chi connectivity index (χ4n) is 5.42. The summed E-state index contributed by atoms with van der Waals surface area (Å²) in [6, 6.07) is 10.1. The summed E-state index contributed by atoms with van der Waals surface area (Å²) >= 11 is 0. The zero-order valence-electron chi connectivity index (χ0n) is 24.9. The van der Waals surface area contributed by atoms with E-state index in [2.05, 4.69) is 14.6 Å². The van der Waals surface area contributed by atoms with E-state index in [1.54, 1.807) is 32.9 Å². The van der Waals surface area contributed by atoms with Crippen LogP contribution in [0, 0.1) is 25.2 Å². The molecule has 1 aliphatic heterocycles. The fourth-order valence-corrected chi connectivity index (χ4v) is 5.42. The van der Waals surface area contributed by atoms with Crippen molar-refractivity contribution in [2.45, 2.75) is 58.2 Å². The predicted octanol–water partition coefficient (Wildman–Crippen LogP) is 5.34. The van der Waals surface area contributed by atoms with Crippen molar-refractivity contribution in [1.82, 2.24) is 15.1 Å². The summed E-state index contributed by atoms with van der Waals surface area (Å²) < 4.78 is 83.4. The molecule has 1 saturated carbocycles. The molecule has 6 rings (SSSR count). The molecule has 0 spiro atoms. The van der Waals surface area contributed by atoms with Gasteiger partial charge in [-0.1, -0.05) is 0 Å². The van der Waals surface area contributed by atoms with Gasteiger partial charge in [0.15, 0.2) is 22.8 Å². The Morgan fingerprint density at radius 3 is 2.38 bits per heavy atom. The largest absolute Gasteiger partial charge is 0.586 e. The molecule has 11 nitrogen and oxygen atoms in total. The van der Waals surface area contributed by atoms with E-state index >= 15 is 0 Å². The Morgan fingerprint density at radius 1 is 1.09 bits per heavy atom. The quantitative estimate of drug-likeness (QED) is 0.263. The molecule has 2 aromatic heterocycles. The zero-order valence-corrected chi connectivity index (χ0v) is 24.9. The number of aromatic nitrogens is 2. The minimum absolute atomic E-state index is 0.0416. The molecule has 2 aromatic carbocycles. The molecule has 2 amide bonds. The first kappa shape index (κ1) is 31.5. The van der Waals surface area contributed by atoms with E-state index in [0.29, 0.717) is 11.1 Å². The lowest BCUT2D eigenvalue weighted by molar-refractivity contribution is -0.286. The van der Waals surface area contributed by atoms with Gasteiger partial charge in [0.05, 0.1) is 22.7 Å². The molecule has 3 heterocycles. The number of nitrogens with one attached hydrogen (secondary N) is 1. The molecule has 2 aliphatic rings. The minimum Gasteiger partial charge on any atom is -0.448 e. The molecular formula is C31H24F5N5O6. The number of hydrogen-bond donors (Lipinski definition) is 1. The first-order chi connectivity index (χ1) is 22.0. The third kappa shape index (κ3) is 5.62. The Labute approximate surface area is 262 Å². The van der Waals surface area contributed by atoms with Gasteiger partial charge in [0.1, 0.15) is 17.8 Å². The van der Waals surface area contributed by atoms with Crippen LogP contribution in [0.1, 0.15) is 47.0 Å². The monoisotopic (exact) mass is 657 g/mol. The molecule has 16 heteroatoms. The molecule has 0 saturated heterocycles. The first-order valence-corrected chi connectivity index (χ1v) is 14.2. The number of furan rings is 1. The highest BCUT2D eigenvalue weighted by molar-refractivity contribution is 6.00. The number of amides is 2. The predicted molar refractivity (Wildman–Crippen MR) is 154 cm³/mol. The third-order valence-corrected chi connectivity index (χ3v) is 7.89. The van der Waals surface area contributed by atoms with Crippen molar-refractivity contribution < 1.29 is 45.4 Å². The van der Waals surface area contributed by atoms with Crippen molar-refractivity contribution >= 4 is 28.5 Å². The average Bonchev–Trinajstić information content (AvgIpc) is 3.53. The van der Waals surface area contributed by atoms with Crippen LogP contribution in [-0.4, -0.2) is 46.1 Å². The van der Waals surface area contributed by atoms with Crippen molar-refractivity contribution in [2.75, 3.05) is 11.4 Å². The van der Waals surface area contributed by atoms with E-state index < -0.39 is 47.7 Å². The Bertz CT molecular complexity index is 2080. The number of alkyl halides is 5. The Balaban J connectivity index is 1.42. The van der Waals surface area contributed by atoms with Gasteiger partial charge < -0.3 is 24.1 Å². The summed E-state index contributed by atoms with van der Waals surface area (Å²) in [4.78, 5) is 41.5. The van der Waals surface area contributed by atoms with Crippen LogP contribution in [0.5, 0.6) is 11.5 Å². The number of ether oxygens (including phenoxy) is 2. The first-order valence-electron chi connectivity index (χ1n) is 14.2. The molecule has 1 fully saturated rings. The number of rotatable bonds is 7. The second-order valence-corrected chi connectivity index (χ2v) is 11.3. The van der Waals surface area contributed by atoms with E-state index in [4.69, 9.17) is 4.42 Å². The number of fused-ring (bicyclic) bond motifs is 2. The van der Waals surface area contributed by atoms with Crippen LogP contribution in [0.2, 0.25) is 0 Å². The Kier molecular flexibility index (Phi) is 7.26. The van der Waals surface area contributed by atoms with Gasteiger partial charge in [-0.15, -0.1) is 8.78 Å². The maximum Gasteiger partial charge on any atom is 0.586 e. The number of likely N-dealkylation sites (N-methyl/N-ethyl adjacent to an activating group) is 1. The normalized spacial score (nSPS) is 15.7. The molecule has 4 aromatic rings. The number of nitriles is 1. The van der Waals surface area contributed by atoms with Crippen molar-refractivity contribution in [3.05, 3.63) is 69.2 Å². The van der Waals surface area contributed by atoms with Gasteiger partial charge in [0, 0.05) is 24.2 Å². The molecule has 0 unspecified atom stereocenters. The summed E-state index contributed by atoms with van der Waals surface area (Å²) in [6.07, 6.45) is -9.22. The highest BCUT2D eigenvalue weighted by Gasteiger charge is 2.64. The minimum atomic E-state index is -4.70. The van der Waals surface area contributed by atoms with Crippen LogP contribution in [0.4, 0.5) is 27.6 Å². The summed E-state index contributed by atoms with van der Waals surface area (Å²) in [5.41, 5.74) is -1.91. The molecule has 0 radical (unpaired) electrons. The Hall–Kier alpha value is -5.46. The van der Waals surface area contributed by atoms with Gasteiger partial charge in [-0.25, -0.2) is 4.68 Å². The SMILES string of the molecule is CCN(C(=O)Cn1nc(-c2cc(C)cc(C#N)c2)c2oc(C(=O)NC3(C(F)(F)F)CC3)cc2c1=O)c1cc2c(cc1C)OC(F)(F)O2. The maximum atomic E-state index is 13.7. The number of carbonyl (C=O) groups excluding carboxylic acids is 2. The van der Waals surface area contributed by atoms with E-state index in [1.807, 2.05) is 11.4 Å². The second kappa shape index (κ2) is 10.8. The highest BCUT2D eigenvalue weighted by atomic mass is 19.4. The standard InChI is InChI=1S/C31H24F5N5O6/c1-4-40(20-12-22-21(9-16(20)3)46-31(35,36)47-22)24(42)14-41-28(44)19-11-23(27(43)38-29(5-6-29)30(32,33)34)45-26(19)25(39-41)18-8-15(2)7-17(10-18)13-37/h7-12H,4-6,14H2,1-3H3,(H,38,43). The number of hydrogen-bond acceptors (Lipinski definition) is 8. The van der Waals surface area contributed by atoms with Gasteiger partial charge in [0.2, 0.25) is 5.91 Å². The molecule has 244 valence electrons. The summed E-state index contributed by atoms with van der Waals surface area (Å²) in [5, 5.41) is 15.6. The van der Waals surface area contributed by atoms with E-state index in [9.17, 15) is 41.6 Å². The van der Waals surface area contributed by atoms with E-state index in [1.165, 1.54) is 23.1 Å². The number of aryl methyl sites for hydroxylation is 2. The van der Waals surface area contributed by atoms with Crippen molar-refractivity contribution in [2.24, 2.45) is 0 Å². The summed E-state index contributed by atoms with van der Waals surface area (Å²) in [5.74, 6) is -2.99. The van der Waals surface area contributed by atoms with Crippen LogP contribution in [0.15, 0.2) is 45.6 Å². The molecule has 1 aliphatic carbocycles. The van der Waals surface area contributed by atoms with Crippen molar-refractivity contribution in [3.63, 3.8) is 0 Å². The third-order valence-electron chi connectivity index (χ3n) is 7.89. The van der Waals surface area contributed by atoms with E-state index in [-0.39, 0.29) is 64.4 Å². The number of carbonyl (C=O) groups is 2.